The Morgan fingerprint density at radius 3 is 0.500 bits per heavy atom. The van der Waals surface area contributed by atoms with E-state index >= 15 is 0 Å². The maximum atomic E-state index is 11.4. The summed E-state index contributed by atoms with van der Waals surface area (Å²) < 4.78 is 0. The second kappa shape index (κ2) is 2.66. The number of rotatable bonds is 0. The third kappa shape index (κ3) is 0.479. The van der Waals surface area contributed by atoms with Crippen LogP contribution in [0, 0.1) is 0 Å². The Balaban J connectivity index is 1.66. The van der Waals surface area contributed by atoms with Crippen LogP contribution in [0.3, 0.4) is 0 Å². The Labute approximate surface area is 139 Å². The summed E-state index contributed by atoms with van der Waals surface area (Å²) in [5, 5.41) is 0. The van der Waals surface area contributed by atoms with Crippen molar-refractivity contribution in [3.05, 3.63) is 0 Å². The summed E-state index contributed by atoms with van der Waals surface area (Å²) >= 11 is 0. The van der Waals surface area contributed by atoms with Gasteiger partial charge in [-0.25, -0.2) is 0 Å². The Bertz CT molecular complexity index is 720. The zero-order valence-corrected chi connectivity index (χ0v) is 23.4. The molecule has 0 aromatic carbocycles. The second-order valence-corrected chi connectivity index (χ2v) is 164. The molecule has 0 atom stereocenters. The molecule has 8 saturated heterocycles. The minimum Gasteiger partial charge on any atom is -0.439 e. The van der Waals surface area contributed by atoms with E-state index < -0.39 is 82.4 Å². The molecule has 24 heavy (non-hydrogen) atoms. The highest BCUT2D eigenvalue weighted by atomic mass is 31.4. The van der Waals surface area contributed by atoms with Gasteiger partial charge < -0.3 is 57.5 Å². The Hall–Kier alpha value is 2.12. The van der Waals surface area contributed by atoms with Crippen LogP contribution in [0.1, 0.15) is 0 Å². The zero-order chi connectivity index (χ0) is 18.0. The van der Waals surface area contributed by atoms with E-state index in [9.17, 15) is 57.5 Å². The molecule has 0 amide bonds. The number of hydrogen-bond donors (Lipinski definition) is 12. The van der Waals surface area contributed by atoms with E-state index in [0.717, 1.165) is 0 Å². The summed E-state index contributed by atoms with van der Waals surface area (Å²) in [5.74, 6) is 0. The summed E-state index contributed by atoms with van der Waals surface area (Å²) in [4.78, 5) is 130. The van der Waals surface area contributed by atoms with Gasteiger partial charge in [-0.1, -0.05) is 0 Å². The molecule has 0 aliphatic carbocycles. The van der Waals surface area contributed by atoms with Gasteiger partial charge in [-0.2, -0.15) is 0 Å². The van der Waals surface area contributed by atoms with Crippen LogP contribution in [-0.4, -0.2) is 140 Å². The molecule has 8 rings (SSSR count). The van der Waals surface area contributed by atoms with Gasteiger partial charge in [0.2, 0.25) is 0 Å². The highest BCUT2D eigenvalue weighted by Crippen LogP contribution is 3.06. The molecule has 12 nitrogen and oxygen atoms in total. The monoisotopic (exact) mass is 540 g/mol. The van der Waals surface area contributed by atoms with E-state index in [0.29, 0.717) is 0 Å². The highest BCUT2D eigenvalue weighted by molar-refractivity contribution is 9.07. The fourth-order valence-corrected chi connectivity index (χ4v) is 1580. The molecule has 8 aliphatic rings. The quantitative estimate of drug-likeness (QED) is 0.128. The predicted molar refractivity (Wildman–Crippen MR) is 95.7 cm³/mol. The first-order valence-electron chi connectivity index (χ1n) is 7.18. The van der Waals surface area contributed by atoms with Gasteiger partial charge in [0.25, 0.3) is 0 Å². The molecule has 0 radical (unpaired) electrons. The lowest BCUT2D eigenvalue weighted by atomic mass is 15.8. The van der Waals surface area contributed by atoms with Crippen LogP contribution in [0.5, 0.6) is 0 Å². The molecule has 8 aliphatic heterocycles. The van der Waals surface area contributed by atoms with Crippen molar-refractivity contribution in [3.63, 3.8) is 0 Å². The smallest absolute Gasteiger partial charge is 0.349 e. The maximum Gasteiger partial charge on any atom is 0.349 e. The average molecular weight is 541 g/mol. The Morgan fingerprint density at radius 2 is 0.375 bits per heavy atom. The largest absolute Gasteiger partial charge is 0.439 e. The summed E-state index contributed by atoms with van der Waals surface area (Å²) in [6, 6.07) is 0. The van der Waals surface area contributed by atoms with Crippen molar-refractivity contribution in [2.24, 2.45) is 0 Å². The Kier molecular flexibility index (Phi) is 1.77. The summed E-state index contributed by atoms with van der Waals surface area (Å²) in [6.45, 7) is -15.8. The van der Waals surface area contributed by atoms with Gasteiger partial charge in [0, 0.05) is 0 Å². The fraction of sp³-hybridized carbons (Fsp3) is 0. The Morgan fingerprint density at radius 1 is 0.250 bits per heavy atom. The van der Waals surface area contributed by atoms with Crippen molar-refractivity contribution < 1.29 is 57.5 Å². The van der Waals surface area contributed by atoms with E-state index in [2.05, 4.69) is 0 Å². The van der Waals surface area contributed by atoms with Gasteiger partial charge in [0.1, 0.15) is 0 Å². The minimum atomic E-state index is -4.74. The van der Waals surface area contributed by atoms with Crippen molar-refractivity contribution in [2.75, 3.05) is 0 Å². The van der Waals surface area contributed by atoms with Gasteiger partial charge in [-0.05, 0) is 0 Å². The highest BCUT2D eigenvalue weighted by Gasteiger charge is 3.60. The lowest BCUT2D eigenvalue weighted by Crippen LogP contribution is -3.80. The number of hydrogen-bond acceptors (Lipinski definition) is 12. The molecule has 8 heterocycles. The van der Waals surface area contributed by atoms with Crippen LogP contribution in [0.25, 0.3) is 0 Å². The first kappa shape index (κ1) is 16.0. The topological polar surface area (TPSA) is 243 Å². The molecule has 0 saturated carbocycles. The molecular weight excluding hydrogens is 529 g/mol. The molecule has 0 aromatic rings. The minimum absolute atomic E-state index is 3.71. The zero-order valence-electron chi connectivity index (χ0n) is 11.4. The van der Waals surface area contributed by atoms with Crippen molar-refractivity contribution in [1.82, 2.24) is 0 Å². The first-order chi connectivity index (χ1) is 10.5. The predicted octanol–water partition coefficient (Wildman–Crippen LogP) is -11.3. The average Bonchev–Trinajstić information content (AvgIpc) is 2.43. The molecule has 4 spiro atoms. The van der Waals surface area contributed by atoms with Gasteiger partial charge in [0.05, 0.1) is 0 Å². The molecule has 132 valence electrons. The van der Waals surface area contributed by atoms with Crippen LogP contribution >= 0.6 is 0 Å². The second-order valence-electron chi connectivity index (χ2n) is 8.53. The molecular formula is H12O12Si12. The third-order valence-electron chi connectivity index (χ3n) is 9.58. The van der Waals surface area contributed by atoms with E-state index in [1.54, 1.807) is 0 Å². The molecule has 8 fully saturated rings. The molecule has 24 heteroatoms. The summed E-state index contributed by atoms with van der Waals surface area (Å²) in [7, 11) is -18.9. The third-order valence-corrected chi connectivity index (χ3v) is 547. The first-order valence-corrected chi connectivity index (χ1v) is 48.5. The van der Waals surface area contributed by atoms with Crippen molar-refractivity contribution in [1.29, 1.82) is 0 Å². The van der Waals surface area contributed by atoms with Gasteiger partial charge in [0.15, 0.2) is 52.1 Å². The van der Waals surface area contributed by atoms with Crippen LogP contribution in [0.4, 0.5) is 0 Å². The van der Waals surface area contributed by atoms with Crippen LogP contribution in [-0.2, 0) is 0 Å². The van der Waals surface area contributed by atoms with E-state index in [1.165, 1.54) is 0 Å². The van der Waals surface area contributed by atoms with Crippen molar-refractivity contribution in [2.45, 2.75) is 0 Å². The standard InChI is InChI=1S/H12O12Si12/c1-13(2)14(3,4)22-19(11)17(9)21(13,22)18(10)20(22,12)24(19)16(7,8)15(5,6)23(17,18)24/h1-12H. The molecule has 0 aromatic heterocycles. The van der Waals surface area contributed by atoms with Crippen LogP contribution in [0.2, 0.25) is 0 Å². The SMILES string of the molecule is O[Si]1(O)[Si](O)(O)[Si]23[Si]4(O)[Si]5(O)[Si]12[Si]1(O)[Si]3(O)[Si]42[Si](O)(O)[Si](O)(O)[Si]512. The van der Waals surface area contributed by atoms with Gasteiger partial charge in [-0.3, -0.25) is 0 Å². The maximum absolute atomic E-state index is 11.4. The normalized spacial score (nSPS) is 81.5. The van der Waals surface area contributed by atoms with E-state index in [4.69, 9.17) is 0 Å². The van der Waals surface area contributed by atoms with E-state index in [1.807, 2.05) is 0 Å². The van der Waals surface area contributed by atoms with Crippen LogP contribution < -0.4 is 0 Å². The van der Waals surface area contributed by atoms with Crippen molar-refractivity contribution in [3.8, 4) is 0 Å². The summed E-state index contributed by atoms with van der Waals surface area (Å²) in [6.07, 6.45) is -14.8. The molecule has 0 bridgehead atoms. The molecule has 0 unspecified atom stereocenters. The fourth-order valence-electron chi connectivity index (χ4n) is 10.1. The lowest BCUT2D eigenvalue weighted by molar-refractivity contribution is 0.331. The van der Waals surface area contributed by atoms with Gasteiger partial charge >= 0.3 is 30.4 Å². The lowest BCUT2D eigenvalue weighted by Gasteiger charge is -3.27. The van der Waals surface area contributed by atoms with Gasteiger partial charge in [-0.15, -0.1) is 0 Å². The molecule has 12 N–H and O–H groups in total. The summed E-state index contributed by atoms with van der Waals surface area (Å²) in [5.41, 5.74) is 0. The van der Waals surface area contributed by atoms with E-state index in [-0.39, 0.29) is 0 Å². The van der Waals surface area contributed by atoms with Crippen molar-refractivity contribution >= 4 is 82.4 Å². The van der Waals surface area contributed by atoms with Crippen LogP contribution in [0.15, 0.2) is 0 Å².